The first-order chi connectivity index (χ1) is 4.86. The minimum atomic E-state index is 0.927. The third-order valence-corrected chi connectivity index (χ3v) is 2.76. The lowest BCUT2D eigenvalue weighted by atomic mass is 9.53. The molecule has 0 unspecified atom stereocenters. The average molecular weight is 134 g/mol. The third kappa shape index (κ3) is 2.07. The van der Waals surface area contributed by atoms with Crippen LogP contribution >= 0.6 is 0 Å². The molecule has 0 spiro atoms. The van der Waals surface area contributed by atoms with Gasteiger partial charge in [-0.1, -0.05) is 51.0 Å². The van der Waals surface area contributed by atoms with Gasteiger partial charge in [0.1, 0.15) is 14.6 Å². The third-order valence-electron chi connectivity index (χ3n) is 2.76. The molecule has 0 saturated heterocycles. The first kappa shape index (κ1) is 8.23. The van der Waals surface area contributed by atoms with Crippen molar-refractivity contribution < 1.29 is 0 Å². The van der Waals surface area contributed by atoms with Gasteiger partial charge in [-0.2, -0.15) is 0 Å². The monoisotopic (exact) mass is 134 g/mol. The van der Waals surface area contributed by atoms with Crippen LogP contribution in [0.4, 0.5) is 0 Å². The smallest absolute Gasteiger partial charge is 0.0917 e. The fourth-order valence-corrected chi connectivity index (χ4v) is 1.81. The second-order valence-corrected chi connectivity index (χ2v) is 3.34. The van der Waals surface area contributed by atoms with Gasteiger partial charge in [0, 0.05) is 0 Å². The normalized spacial score (nSPS) is 33.4. The molecule has 0 aromatic heterocycles. The Morgan fingerprint density at radius 2 is 1.10 bits per heavy atom. The van der Waals surface area contributed by atoms with Crippen molar-refractivity contribution in [2.45, 2.75) is 51.0 Å². The van der Waals surface area contributed by atoms with Crippen molar-refractivity contribution in [1.29, 1.82) is 0 Å². The summed E-state index contributed by atoms with van der Waals surface area (Å²) in [6.45, 7) is 4.39. The van der Waals surface area contributed by atoms with Gasteiger partial charge in [-0.05, 0) is 0 Å². The molecule has 2 heteroatoms. The topological polar surface area (TPSA) is 0 Å². The van der Waals surface area contributed by atoms with Crippen molar-refractivity contribution in [1.82, 2.24) is 0 Å². The summed E-state index contributed by atoms with van der Waals surface area (Å²) in [7, 11) is 4.73. The van der Waals surface area contributed by atoms with Crippen molar-refractivity contribution in [3.63, 3.8) is 0 Å². The summed E-state index contributed by atoms with van der Waals surface area (Å²) in [4.78, 5) is 0. The standard InChI is InChI=1S/C8H16B2/c1-9-7-3-5-8(10-2)6-4-7/h7-8H,3-6H2,1-2H3. The Kier molecular flexibility index (Phi) is 3.37. The highest BCUT2D eigenvalue weighted by molar-refractivity contribution is 6.37. The molecule has 10 heavy (non-hydrogen) atoms. The molecule has 1 saturated carbocycles. The molecule has 0 aromatic carbocycles. The van der Waals surface area contributed by atoms with Gasteiger partial charge >= 0.3 is 0 Å². The number of hydrogen-bond acceptors (Lipinski definition) is 0. The van der Waals surface area contributed by atoms with Gasteiger partial charge in [-0.15, -0.1) is 0 Å². The highest BCUT2D eigenvalue weighted by Crippen LogP contribution is 2.34. The molecule has 0 aromatic rings. The molecule has 0 amide bonds. The second-order valence-electron chi connectivity index (χ2n) is 3.34. The van der Waals surface area contributed by atoms with Gasteiger partial charge < -0.3 is 0 Å². The van der Waals surface area contributed by atoms with Crippen LogP contribution in [-0.4, -0.2) is 14.6 Å². The Morgan fingerprint density at radius 3 is 1.30 bits per heavy atom. The van der Waals surface area contributed by atoms with Gasteiger partial charge in [-0.3, -0.25) is 0 Å². The molecular formula is C8H16B2. The quantitative estimate of drug-likeness (QED) is 0.509. The van der Waals surface area contributed by atoms with Crippen molar-refractivity contribution in [2.24, 2.45) is 0 Å². The molecule has 1 fully saturated rings. The molecule has 1 aliphatic rings. The summed E-state index contributed by atoms with van der Waals surface area (Å²) in [5.74, 6) is 1.85. The minimum absolute atomic E-state index is 0.927. The van der Waals surface area contributed by atoms with E-state index in [1.165, 1.54) is 25.7 Å². The van der Waals surface area contributed by atoms with Crippen molar-refractivity contribution in [3.05, 3.63) is 0 Å². The first-order valence-corrected chi connectivity index (χ1v) is 4.45. The van der Waals surface area contributed by atoms with E-state index in [4.69, 9.17) is 0 Å². The van der Waals surface area contributed by atoms with Crippen LogP contribution in [0.3, 0.4) is 0 Å². The molecule has 54 valence electrons. The van der Waals surface area contributed by atoms with Crippen molar-refractivity contribution in [2.75, 3.05) is 0 Å². The predicted octanol–water partition coefficient (Wildman–Crippen LogP) is 2.64. The average Bonchev–Trinajstić information content (AvgIpc) is 2.05. The summed E-state index contributed by atoms with van der Waals surface area (Å²) >= 11 is 0. The van der Waals surface area contributed by atoms with Crippen LogP contribution in [-0.2, 0) is 0 Å². The zero-order valence-corrected chi connectivity index (χ0v) is 7.14. The predicted molar refractivity (Wildman–Crippen MR) is 49.2 cm³/mol. The fourth-order valence-electron chi connectivity index (χ4n) is 1.81. The molecule has 1 rings (SSSR count). The van der Waals surface area contributed by atoms with E-state index in [2.05, 4.69) is 28.2 Å². The van der Waals surface area contributed by atoms with Gasteiger partial charge in [0.2, 0.25) is 0 Å². The van der Waals surface area contributed by atoms with Crippen molar-refractivity contribution >= 4 is 14.6 Å². The van der Waals surface area contributed by atoms with Crippen LogP contribution in [0.15, 0.2) is 0 Å². The Hall–Kier alpha value is 0.130. The number of rotatable bonds is 2. The molecule has 0 heterocycles. The van der Waals surface area contributed by atoms with Crippen LogP contribution in [0, 0.1) is 0 Å². The highest BCUT2D eigenvalue weighted by atomic mass is 14.1. The Morgan fingerprint density at radius 1 is 0.800 bits per heavy atom. The van der Waals surface area contributed by atoms with Crippen LogP contribution in [0.2, 0.25) is 25.3 Å². The van der Waals surface area contributed by atoms with Gasteiger partial charge in [0.15, 0.2) is 0 Å². The molecule has 1 aliphatic carbocycles. The zero-order chi connectivity index (χ0) is 7.40. The molecule has 0 atom stereocenters. The Labute approximate surface area is 66.3 Å². The summed E-state index contributed by atoms with van der Waals surface area (Å²) in [6.07, 6.45) is 5.69. The maximum absolute atomic E-state index is 2.37. The van der Waals surface area contributed by atoms with E-state index in [-0.39, 0.29) is 0 Å². The summed E-state index contributed by atoms with van der Waals surface area (Å²) in [5, 5.41) is 0. The van der Waals surface area contributed by atoms with Crippen LogP contribution in [0.1, 0.15) is 25.7 Å². The van der Waals surface area contributed by atoms with E-state index in [1.54, 1.807) is 0 Å². The van der Waals surface area contributed by atoms with E-state index in [1.807, 2.05) is 0 Å². The lowest BCUT2D eigenvalue weighted by molar-refractivity contribution is 0.498. The minimum Gasteiger partial charge on any atom is -0.0917 e. The highest BCUT2D eigenvalue weighted by Gasteiger charge is 2.18. The fraction of sp³-hybridized carbons (Fsp3) is 1.00. The first-order valence-electron chi connectivity index (χ1n) is 4.45. The largest absolute Gasteiger partial charge is 0.110 e. The van der Waals surface area contributed by atoms with Gasteiger partial charge in [0.05, 0.1) is 0 Å². The van der Waals surface area contributed by atoms with Crippen LogP contribution in [0.5, 0.6) is 0 Å². The molecular weight excluding hydrogens is 118 g/mol. The van der Waals surface area contributed by atoms with Gasteiger partial charge in [-0.25, -0.2) is 0 Å². The Balaban J connectivity index is 2.17. The van der Waals surface area contributed by atoms with Crippen LogP contribution < -0.4 is 0 Å². The number of hydrogen-bond donors (Lipinski definition) is 0. The van der Waals surface area contributed by atoms with E-state index in [0.29, 0.717) is 0 Å². The van der Waals surface area contributed by atoms with Crippen LogP contribution in [0.25, 0.3) is 0 Å². The summed E-state index contributed by atoms with van der Waals surface area (Å²) < 4.78 is 0. The van der Waals surface area contributed by atoms with Gasteiger partial charge in [0.25, 0.3) is 0 Å². The SMILES string of the molecule is C[B]C1CCC([B]C)CC1. The zero-order valence-electron chi connectivity index (χ0n) is 7.14. The Bertz CT molecular complexity index is 73.3. The lowest BCUT2D eigenvalue weighted by Gasteiger charge is -2.26. The summed E-state index contributed by atoms with van der Waals surface area (Å²) in [5.41, 5.74) is 0. The summed E-state index contributed by atoms with van der Waals surface area (Å²) in [6, 6.07) is 0. The lowest BCUT2D eigenvalue weighted by Crippen LogP contribution is -2.12. The van der Waals surface area contributed by atoms with Crippen molar-refractivity contribution in [3.8, 4) is 0 Å². The molecule has 0 N–H and O–H groups in total. The molecule has 2 radical (unpaired) electrons. The molecule has 0 nitrogen and oxygen atoms in total. The maximum Gasteiger partial charge on any atom is 0.110 e. The van der Waals surface area contributed by atoms with E-state index in [0.717, 1.165) is 11.6 Å². The van der Waals surface area contributed by atoms with E-state index >= 15 is 0 Å². The maximum atomic E-state index is 2.37. The second kappa shape index (κ2) is 4.10. The molecule has 0 aliphatic heterocycles. The molecule has 0 bridgehead atoms. The van der Waals surface area contributed by atoms with E-state index < -0.39 is 0 Å². The van der Waals surface area contributed by atoms with E-state index in [9.17, 15) is 0 Å².